The van der Waals surface area contributed by atoms with Crippen LogP contribution in [0.15, 0.2) is 0 Å². The first-order valence-corrected chi connectivity index (χ1v) is 2.17. The molecule has 0 bridgehead atoms. The molecule has 0 aliphatic heterocycles. The Hall–Kier alpha value is 0.230. The Morgan fingerprint density at radius 2 is 1.56 bits per heavy atom. The zero-order valence-electron chi connectivity index (χ0n) is 4.66. The molecule has 0 aromatic heterocycles. The van der Waals surface area contributed by atoms with Crippen molar-refractivity contribution in [3.63, 3.8) is 0 Å². The van der Waals surface area contributed by atoms with E-state index in [1.54, 1.807) is 0 Å². The van der Waals surface area contributed by atoms with Gasteiger partial charge in [0, 0.05) is 6.61 Å². The Morgan fingerprint density at radius 1 is 1.44 bits per heavy atom. The second kappa shape index (κ2) is 15.7. The molecule has 0 aromatic rings. The molecule has 0 rings (SSSR count). The van der Waals surface area contributed by atoms with E-state index >= 15 is 0 Å². The molecule has 0 fully saturated rings. The Bertz CT molecular complexity index is 50.5. The van der Waals surface area contributed by atoms with E-state index < -0.39 is 6.16 Å². The fourth-order valence-electron chi connectivity index (χ4n) is 0. The van der Waals surface area contributed by atoms with Crippen LogP contribution in [0, 0.1) is 0 Å². The fraction of sp³-hybridized carbons (Fsp3) is 0.750. The third kappa shape index (κ3) is 211. The van der Waals surface area contributed by atoms with Gasteiger partial charge in [0.2, 0.25) is 0 Å². The molecular weight excluding hydrogens is 135 g/mol. The van der Waals surface area contributed by atoms with E-state index in [4.69, 9.17) is 20.1 Å². The van der Waals surface area contributed by atoms with Crippen molar-refractivity contribution < 1.29 is 20.1 Å². The summed E-state index contributed by atoms with van der Waals surface area (Å²) < 4.78 is 0. The molecule has 9 heavy (non-hydrogen) atoms. The van der Waals surface area contributed by atoms with Gasteiger partial charge >= 0.3 is 35.7 Å². The maximum atomic E-state index is 8.56. The monoisotopic (exact) mass is 146 g/mol. The number of aliphatic hydroxyl groups is 1. The van der Waals surface area contributed by atoms with Gasteiger partial charge in [-0.1, -0.05) is 6.92 Å². The van der Waals surface area contributed by atoms with E-state index in [1.165, 1.54) is 0 Å². The van der Waals surface area contributed by atoms with Crippen molar-refractivity contribution in [2.75, 3.05) is 6.61 Å². The predicted molar refractivity (Wildman–Crippen MR) is 35.2 cm³/mol. The van der Waals surface area contributed by atoms with E-state index in [9.17, 15) is 0 Å². The first-order chi connectivity index (χ1) is 3.65. The number of carbonyl (C=O) groups is 1. The Balaban J connectivity index is -0.0000000720. The molecule has 4 nitrogen and oxygen atoms in total. The van der Waals surface area contributed by atoms with Gasteiger partial charge in [-0.3, -0.25) is 0 Å². The van der Waals surface area contributed by atoms with Crippen molar-refractivity contribution >= 4 is 35.7 Å². The van der Waals surface area contributed by atoms with Crippen LogP contribution in [0.3, 0.4) is 0 Å². The number of aliphatic hydroxyl groups excluding tert-OH is 1. The Labute approximate surface area is 75.8 Å². The summed E-state index contributed by atoms with van der Waals surface area (Å²) in [5.74, 6) is 0. The summed E-state index contributed by atoms with van der Waals surface area (Å²) in [5.41, 5.74) is 0. The molecule has 0 unspecified atom stereocenters. The third-order valence-electron chi connectivity index (χ3n) is 0.224. The summed E-state index contributed by atoms with van der Waals surface area (Å²) in [5, 5.41) is 21.8. The maximum absolute atomic E-state index is 8.56. The quantitative estimate of drug-likeness (QED) is 0.453. The molecule has 0 atom stereocenters. The molecule has 0 heterocycles. The number of rotatable bonds is 1. The second-order valence-corrected chi connectivity index (χ2v) is 1.01. The van der Waals surface area contributed by atoms with E-state index in [-0.39, 0.29) is 29.6 Å². The SMILES string of the molecule is CCCO.O=C(O)O.[NaH]. The van der Waals surface area contributed by atoms with Crippen LogP contribution in [0.25, 0.3) is 0 Å². The van der Waals surface area contributed by atoms with Gasteiger partial charge in [-0.05, 0) is 6.42 Å². The minimum atomic E-state index is -1.83. The molecular formula is C4H11NaO4. The topological polar surface area (TPSA) is 77.8 Å². The van der Waals surface area contributed by atoms with Crippen molar-refractivity contribution in [2.45, 2.75) is 13.3 Å². The number of hydrogen-bond acceptors (Lipinski definition) is 2. The average molecular weight is 146 g/mol. The molecule has 52 valence electrons. The zero-order valence-corrected chi connectivity index (χ0v) is 4.66. The summed E-state index contributed by atoms with van der Waals surface area (Å²) in [7, 11) is 0. The fourth-order valence-corrected chi connectivity index (χ4v) is 0. The summed E-state index contributed by atoms with van der Waals surface area (Å²) in [6, 6.07) is 0. The van der Waals surface area contributed by atoms with Gasteiger partial charge in [0.1, 0.15) is 0 Å². The van der Waals surface area contributed by atoms with Gasteiger partial charge in [0.25, 0.3) is 0 Å². The molecule has 0 saturated carbocycles. The normalized spacial score (nSPS) is 6.00. The standard InChI is InChI=1S/C3H8O.CH2O3.Na.H/c1-2-3-4;2-1(3)4;;/h4H,2-3H2,1H3;(H2,2,3,4);;. The Kier molecular flexibility index (Phi) is 28.1. The minimum absolute atomic E-state index is 0. The summed E-state index contributed by atoms with van der Waals surface area (Å²) in [6.07, 6.45) is -0.958. The van der Waals surface area contributed by atoms with E-state index in [1.807, 2.05) is 6.92 Å². The zero-order chi connectivity index (χ0) is 6.99. The van der Waals surface area contributed by atoms with Gasteiger partial charge in [-0.15, -0.1) is 0 Å². The Morgan fingerprint density at radius 3 is 1.56 bits per heavy atom. The van der Waals surface area contributed by atoms with Crippen LogP contribution in [0.1, 0.15) is 13.3 Å². The average Bonchev–Trinajstić information content (AvgIpc) is 1.65. The van der Waals surface area contributed by atoms with Crippen LogP contribution < -0.4 is 0 Å². The molecule has 3 N–H and O–H groups in total. The summed E-state index contributed by atoms with van der Waals surface area (Å²) >= 11 is 0. The molecule has 0 saturated heterocycles. The summed E-state index contributed by atoms with van der Waals surface area (Å²) in [4.78, 5) is 8.56. The van der Waals surface area contributed by atoms with E-state index in [0.717, 1.165) is 6.42 Å². The molecule has 0 aliphatic rings. The van der Waals surface area contributed by atoms with Gasteiger partial charge in [-0.25, -0.2) is 4.79 Å². The van der Waals surface area contributed by atoms with E-state index in [0.29, 0.717) is 6.61 Å². The van der Waals surface area contributed by atoms with Gasteiger partial charge in [0.15, 0.2) is 0 Å². The first-order valence-electron chi connectivity index (χ1n) is 2.17. The van der Waals surface area contributed by atoms with Crippen LogP contribution in [0.5, 0.6) is 0 Å². The third-order valence-corrected chi connectivity index (χ3v) is 0.224. The number of hydrogen-bond donors (Lipinski definition) is 3. The van der Waals surface area contributed by atoms with Crippen molar-refractivity contribution in [1.29, 1.82) is 0 Å². The molecule has 0 aromatic carbocycles. The van der Waals surface area contributed by atoms with Crippen LogP contribution in [0.4, 0.5) is 4.79 Å². The van der Waals surface area contributed by atoms with Crippen molar-refractivity contribution in [1.82, 2.24) is 0 Å². The van der Waals surface area contributed by atoms with Crippen molar-refractivity contribution in [2.24, 2.45) is 0 Å². The molecule has 0 radical (unpaired) electrons. The number of carboxylic acid groups (broad SMARTS) is 2. The van der Waals surface area contributed by atoms with Gasteiger partial charge in [-0.2, -0.15) is 0 Å². The van der Waals surface area contributed by atoms with Crippen LogP contribution in [0.2, 0.25) is 0 Å². The van der Waals surface area contributed by atoms with Crippen LogP contribution in [-0.2, 0) is 0 Å². The predicted octanol–water partition coefficient (Wildman–Crippen LogP) is -0.0374. The molecule has 0 spiro atoms. The first kappa shape index (κ1) is 16.1. The molecule has 0 amide bonds. The van der Waals surface area contributed by atoms with Crippen molar-refractivity contribution in [3.8, 4) is 0 Å². The van der Waals surface area contributed by atoms with E-state index in [2.05, 4.69) is 0 Å². The van der Waals surface area contributed by atoms with Crippen LogP contribution in [-0.4, -0.2) is 57.6 Å². The van der Waals surface area contributed by atoms with Crippen molar-refractivity contribution in [3.05, 3.63) is 0 Å². The van der Waals surface area contributed by atoms with Gasteiger partial charge in [0.05, 0.1) is 0 Å². The molecule has 5 heteroatoms. The second-order valence-electron chi connectivity index (χ2n) is 1.01. The van der Waals surface area contributed by atoms with Crippen LogP contribution >= 0.6 is 0 Å². The van der Waals surface area contributed by atoms with Gasteiger partial charge < -0.3 is 15.3 Å². The molecule has 0 aliphatic carbocycles. The summed E-state index contributed by atoms with van der Waals surface area (Å²) in [6.45, 7) is 2.25.